The number of nitrogens with one attached hydrogen (secondary N) is 2. The molecule has 5 heteroatoms. The van der Waals surface area contributed by atoms with E-state index < -0.39 is 0 Å². The van der Waals surface area contributed by atoms with E-state index in [0.717, 1.165) is 30.0 Å². The van der Waals surface area contributed by atoms with Gasteiger partial charge in [0.25, 0.3) is 0 Å². The van der Waals surface area contributed by atoms with E-state index in [-0.39, 0.29) is 24.2 Å². The Labute approximate surface area is 119 Å². The van der Waals surface area contributed by atoms with Gasteiger partial charge in [-0.1, -0.05) is 6.07 Å². The van der Waals surface area contributed by atoms with Gasteiger partial charge in [-0.3, -0.25) is 4.79 Å². The molecule has 0 bridgehead atoms. The van der Waals surface area contributed by atoms with Gasteiger partial charge in [0.15, 0.2) is 0 Å². The summed E-state index contributed by atoms with van der Waals surface area (Å²) in [5, 5.41) is 5.98. The largest absolute Gasteiger partial charge is 0.372 e. The summed E-state index contributed by atoms with van der Waals surface area (Å²) in [5.74, 6) is 0.0170. The smallest absolute Gasteiger partial charge is 0.246 e. The van der Waals surface area contributed by atoms with Crippen LogP contribution in [-0.2, 0) is 9.53 Å². The molecular weight excluding hydrogens is 254 g/mol. The number of anilines is 2. The SMILES string of the molecule is CNC1C(=O)Nc2cc(N3CC(C)OC(C)C3)ccc21. The van der Waals surface area contributed by atoms with Crippen LogP contribution in [0.2, 0.25) is 0 Å². The number of fused-ring (bicyclic) bond motifs is 1. The second-order valence-corrected chi connectivity index (χ2v) is 5.64. The Bertz CT molecular complexity index is 522. The molecule has 1 fully saturated rings. The van der Waals surface area contributed by atoms with Crippen molar-refractivity contribution in [3.8, 4) is 0 Å². The Morgan fingerprint density at radius 2 is 2.00 bits per heavy atom. The molecule has 0 aromatic heterocycles. The Balaban J connectivity index is 1.87. The Kier molecular flexibility index (Phi) is 3.40. The van der Waals surface area contributed by atoms with Crippen LogP contribution < -0.4 is 15.5 Å². The summed E-state index contributed by atoms with van der Waals surface area (Å²) in [5.41, 5.74) is 3.08. The lowest BCUT2D eigenvalue weighted by atomic mass is 10.1. The molecule has 1 aromatic carbocycles. The monoisotopic (exact) mass is 275 g/mol. The highest BCUT2D eigenvalue weighted by atomic mass is 16.5. The third-order valence-corrected chi connectivity index (χ3v) is 3.94. The van der Waals surface area contributed by atoms with E-state index in [4.69, 9.17) is 4.74 Å². The number of amides is 1. The molecule has 1 amide bonds. The first-order valence-electron chi connectivity index (χ1n) is 7.11. The van der Waals surface area contributed by atoms with Gasteiger partial charge in [-0.05, 0) is 33.0 Å². The van der Waals surface area contributed by atoms with E-state index >= 15 is 0 Å². The number of carbonyl (C=O) groups is 1. The molecule has 0 saturated carbocycles. The van der Waals surface area contributed by atoms with E-state index in [1.165, 1.54) is 0 Å². The predicted octanol–water partition coefficient (Wildman–Crippen LogP) is 1.51. The average molecular weight is 275 g/mol. The molecule has 5 nitrogen and oxygen atoms in total. The van der Waals surface area contributed by atoms with Crippen molar-refractivity contribution in [2.75, 3.05) is 30.4 Å². The van der Waals surface area contributed by atoms with Gasteiger partial charge in [-0.25, -0.2) is 0 Å². The van der Waals surface area contributed by atoms with Crippen molar-refractivity contribution < 1.29 is 9.53 Å². The van der Waals surface area contributed by atoms with E-state index in [1.807, 2.05) is 6.07 Å². The highest BCUT2D eigenvalue weighted by molar-refractivity contribution is 6.03. The predicted molar refractivity (Wildman–Crippen MR) is 79.1 cm³/mol. The molecule has 2 N–H and O–H groups in total. The summed E-state index contributed by atoms with van der Waals surface area (Å²) in [7, 11) is 1.80. The Hall–Kier alpha value is -1.59. The molecule has 2 aliphatic heterocycles. The lowest BCUT2D eigenvalue weighted by molar-refractivity contribution is -0.117. The summed E-state index contributed by atoms with van der Waals surface area (Å²) >= 11 is 0. The van der Waals surface area contributed by atoms with Gasteiger partial charge >= 0.3 is 0 Å². The number of ether oxygens (including phenoxy) is 1. The summed E-state index contributed by atoms with van der Waals surface area (Å²) < 4.78 is 5.76. The lowest BCUT2D eigenvalue weighted by Crippen LogP contribution is -2.45. The Morgan fingerprint density at radius 1 is 1.30 bits per heavy atom. The van der Waals surface area contributed by atoms with E-state index in [2.05, 4.69) is 41.5 Å². The molecule has 0 aliphatic carbocycles. The molecular formula is C15H21N3O2. The topological polar surface area (TPSA) is 53.6 Å². The van der Waals surface area contributed by atoms with Crippen LogP contribution in [0.15, 0.2) is 18.2 Å². The fraction of sp³-hybridized carbons (Fsp3) is 0.533. The number of rotatable bonds is 2. The van der Waals surface area contributed by atoms with E-state index in [1.54, 1.807) is 7.05 Å². The van der Waals surface area contributed by atoms with Crippen molar-refractivity contribution in [2.45, 2.75) is 32.1 Å². The average Bonchev–Trinajstić information content (AvgIpc) is 2.71. The Morgan fingerprint density at radius 3 is 2.65 bits per heavy atom. The molecule has 1 aromatic rings. The van der Waals surface area contributed by atoms with Crippen molar-refractivity contribution in [1.29, 1.82) is 0 Å². The molecule has 0 spiro atoms. The first-order valence-corrected chi connectivity index (χ1v) is 7.11. The molecule has 2 aliphatic rings. The fourth-order valence-corrected chi connectivity index (χ4v) is 3.12. The normalized spacial score (nSPS) is 29.2. The number of nitrogens with zero attached hydrogens (tertiary/aromatic N) is 1. The van der Waals surface area contributed by atoms with Crippen LogP contribution in [0.25, 0.3) is 0 Å². The summed E-state index contributed by atoms with van der Waals surface area (Å²) in [4.78, 5) is 14.2. The minimum atomic E-state index is -0.235. The molecule has 108 valence electrons. The van der Waals surface area contributed by atoms with Gasteiger partial charge in [-0.2, -0.15) is 0 Å². The fourth-order valence-electron chi connectivity index (χ4n) is 3.12. The number of benzene rings is 1. The number of hydrogen-bond donors (Lipinski definition) is 2. The number of morpholine rings is 1. The van der Waals surface area contributed by atoms with Gasteiger partial charge in [0, 0.05) is 30.0 Å². The zero-order valence-corrected chi connectivity index (χ0v) is 12.1. The zero-order chi connectivity index (χ0) is 14.3. The van der Waals surface area contributed by atoms with Crippen molar-refractivity contribution >= 4 is 17.3 Å². The first kappa shape index (κ1) is 13.4. The van der Waals surface area contributed by atoms with Gasteiger partial charge in [0.2, 0.25) is 5.91 Å². The van der Waals surface area contributed by atoms with Crippen LogP contribution in [0.1, 0.15) is 25.5 Å². The lowest BCUT2D eigenvalue weighted by Gasteiger charge is -2.37. The van der Waals surface area contributed by atoms with Crippen molar-refractivity contribution in [2.24, 2.45) is 0 Å². The summed E-state index contributed by atoms with van der Waals surface area (Å²) in [6.45, 7) is 5.95. The molecule has 1 saturated heterocycles. The first-order chi connectivity index (χ1) is 9.58. The maximum absolute atomic E-state index is 11.8. The highest BCUT2D eigenvalue weighted by Crippen LogP contribution is 2.34. The third-order valence-electron chi connectivity index (χ3n) is 3.94. The van der Waals surface area contributed by atoms with E-state index in [0.29, 0.717) is 0 Å². The minimum absolute atomic E-state index is 0.0170. The number of hydrogen-bond acceptors (Lipinski definition) is 4. The van der Waals surface area contributed by atoms with Crippen molar-refractivity contribution in [3.05, 3.63) is 23.8 Å². The van der Waals surface area contributed by atoms with Gasteiger partial charge in [0.05, 0.1) is 12.2 Å². The summed E-state index contributed by atoms with van der Waals surface area (Å²) in [6, 6.07) is 5.96. The van der Waals surface area contributed by atoms with Crippen molar-refractivity contribution in [1.82, 2.24) is 5.32 Å². The van der Waals surface area contributed by atoms with Crippen LogP contribution in [-0.4, -0.2) is 38.3 Å². The number of carbonyl (C=O) groups excluding carboxylic acids is 1. The zero-order valence-electron chi connectivity index (χ0n) is 12.1. The molecule has 3 rings (SSSR count). The summed E-state index contributed by atoms with van der Waals surface area (Å²) in [6.07, 6.45) is 0.457. The number of likely N-dealkylation sites (N-methyl/N-ethyl adjacent to an activating group) is 1. The van der Waals surface area contributed by atoms with Gasteiger partial charge < -0.3 is 20.3 Å². The van der Waals surface area contributed by atoms with Crippen LogP contribution in [0.4, 0.5) is 11.4 Å². The van der Waals surface area contributed by atoms with Crippen LogP contribution in [0.3, 0.4) is 0 Å². The van der Waals surface area contributed by atoms with Crippen molar-refractivity contribution in [3.63, 3.8) is 0 Å². The maximum Gasteiger partial charge on any atom is 0.246 e. The molecule has 3 unspecified atom stereocenters. The van der Waals surface area contributed by atoms with E-state index in [9.17, 15) is 4.79 Å². The van der Waals surface area contributed by atoms with Crippen LogP contribution in [0.5, 0.6) is 0 Å². The molecule has 2 heterocycles. The quantitative estimate of drug-likeness (QED) is 0.859. The third kappa shape index (κ3) is 2.27. The van der Waals surface area contributed by atoms with Gasteiger partial charge in [-0.15, -0.1) is 0 Å². The molecule has 0 radical (unpaired) electrons. The van der Waals surface area contributed by atoms with Gasteiger partial charge in [0.1, 0.15) is 6.04 Å². The minimum Gasteiger partial charge on any atom is -0.372 e. The molecule has 3 atom stereocenters. The highest BCUT2D eigenvalue weighted by Gasteiger charge is 2.30. The maximum atomic E-state index is 11.8. The molecule has 20 heavy (non-hydrogen) atoms. The standard InChI is InChI=1S/C15H21N3O2/c1-9-7-18(8-10(2)20-9)11-4-5-12-13(6-11)17-15(19)14(12)16-3/h4-6,9-10,14,16H,7-8H2,1-3H3,(H,17,19). The second-order valence-electron chi connectivity index (χ2n) is 5.64. The van der Waals surface area contributed by atoms with Crippen LogP contribution >= 0.6 is 0 Å². The van der Waals surface area contributed by atoms with Crippen LogP contribution in [0, 0.1) is 0 Å². The second kappa shape index (κ2) is 5.07.